The Bertz CT molecular complexity index is 164. The van der Waals surface area contributed by atoms with Gasteiger partial charge >= 0.3 is 36.4 Å². The molecule has 0 aromatic carbocycles. The van der Waals surface area contributed by atoms with E-state index in [0.717, 1.165) is 0 Å². The molecule has 0 heterocycles. The molecule has 6 heteroatoms. The summed E-state index contributed by atoms with van der Waals surface area (Å²) in [7, 11) is 0.765. The molecule has 0 aliphatic rings. The van der Waals surface area contributed by atoms with Gasteiger partial charge in [-0.2, -0.15) is 0 Å². The predicted octanol–water partition coefficient (Wildman–Crippen LogP) is 0.252. The third-order valence-corrected chi connectivity index (χ3v) is 0.783. The summed E-state index contributed by atoms with van der Waals surface area (Å²) in [4.78, 5) is 9.13. The summed E-state index contributed by atoms with van der Waals surface area (Å²) < 4.78 is 8.42. The Kier molecular flexibility index (Phi) is 2.05. The molecule has 0 saturated heterocycles. The van der Waals surface area contributed by atoms with Crippen molar-refractivity contribution in [3.63, 3.8) is 0 Å². The number of rotatable bonds is 0. The van der Waals surface area contributed by atoms with Gasteiger partial charge in [0.05, 0.1) is 0 Å². The molecule has 0 bridgehead atoms. The Labute approximate surface area is 37.3 Å². The van der Waals surface area contributed by atoms with E-state index in [0.29, 0.717) is 0 Å². The zero-order valence-electron chi connectivity index (χ0n) is 2.53. The van der Waals surface area contributed by atoms with Crippen molar-refractivity contribution >= 4 is 17.8 Å². The van der Waals surface area contributed by atoms with Crippen molar-refractivity contribution in [1.82, 2.24) is 0 Å². The predicted molar refractivity (Wildman–Crippen MR) is 22.1 cm³/mol. The Morgan fingerprint density at radius 2 is 2.00 bits per heavy atom. The normalized spacial score (nSPS) is 7.17. The van der Waals surface area contributed by atoms with Gasteiger partial charge in [-0.15, -0.1) is 0 Å². The van der Waals surface area contributed by atoms with Gasteiger partial charge in [-0.25, -0.2) is 0 Å². The van der Waals surface area contributed by atoms with Crippen molar-refractivity contribution in [3.05, 3.63) is 10.1 Å². The van der Waals surface area contributed by atoms with Crippen molar-refractivity contribution < 1.29 is 8.54 Å². The fraction of sp³-hybridized carbons (Fsp3) is 0. The second-order valence-corrected chi connectivity index (χ2v) is 2.15. The molecule has 0 amide bonds. The van der Waals surface area contributed by atoms with E-state index in [1.54, 1.807) is 0 Å². The van der Waals surface area contributed by atoms with Crippen LogP contribution in [0.1, 0.15) is 0 Å². The van der Waals surface area contributed by atoms with Crippen LogP contribution in [0, 0.1) is 10.1 Å². The van der Waals surface area contributed by atoms with Crippen LogP contribution < -0.4 is 0 Å². The van der Waals surface area contributed by atoms with E-state index < -0.39 is 14.3 Å². The topological polar surface area (TPSA) is 60.2 Å². The van der Waals surface area contributed by atoms with Crippen LogP contribution in [0.5, 0.6) is 0 Å². The minimum atomic E-state index is -2.20. The summed E-state index contributed by atoms with van der Waals surface area (Å²) in [6, 6.07) is 0. The Morgan fingerprint density at radius 1 is 1.83 bits per heavy atom. The summed E-state index contributed by atoms with van der Waals surface area (Å²) in [5.41, 5.74) is 0. The quantitative estimate of drug-likeness (QED) is 0.265. The molecular formula is NO3PS. The van der Waals surface area contributed by atoms with Gasteiger partial charge in [0.25, 0.3) is 0 Å². The first-order valence-electron chi connectivity index (χ1n) is 0.897. The van der Waals surface area contributed by atoms with E-state index in [9.17, 15) is 4.21 Å². The summed E-state index contributed by atoms with van der Waals surface area (Å²) in [6.07, 6.45) is 0. The van der Waals surface area contributed by atoms with E-state index in [2.05, 4.69) is 7.81 Å². The number of nitro groups is 1. The molecule has 4 nitrogen and oxygen atoms in total. The third-order valence-electron chi connectivity index (χ3n) is 0.128. The number of hydrogen-bond donors (Lipinski definition) is 0. The summed E-state index contributed by atoms with van der Waals surface area (Å²) in [6.45, 7) is 0. The molecule has 0 aliphatic heterocycles. The van der Waals surface area contributed by atoms with E-state index in [1.165, 1.54) is 0 Å². The molecule has 0 aromatic heterocycles. The molecule has 0 radical (unpaired) electrons. The maximum absolute atomic E-state index is 9.42. The maximum atomic E-state index is 9.42. The van der Waals surface area contributed by atoms with Gasteiger partial charge in [-0.1, -0.05) is 0 Å². The first-order valence-corrected chi connectivity index (χ1v) is 3.06. The average Bonchev–Trinajstić information content (AvgIpc) is 1.36. The fourth-order valence-corrected chi connectivity index (χ4v) is 0. The molecule has 0 aliphatic carbocycles. The van der Waals surface area contributed by atoms with Crippen LogP contribution in [0.25, 0.3) is 0 Å². The molecule has 0 atom stereocenters. The Hall–Kier alpha value is -0.150. The first-order chi connectivity index (χ1) is 2.64. The van der Waals surface area contributed by atoms with Crippen LogP contribution in [0.2, 0.25) is 0 Å². The fourth-order valence-electron chi connectivity index (χ4n) is 0. The SMILES string of the molecule is O=[N+]([O-])S(=O)#P. The van der Waals surface area contributed by atoms with Gasteiger partial charge in [0.1, 0.15) is 0 Å². The molecule has 0 N–H and O–H groups in total. The van der Waals surface area contributed by atoms with Gasteiger partial charge in [-0.3, -0.25) is 0 Å². The van der Waals surface area contributed by atoms with Crippen LogP contribution in [0.3, 0.4) is 0 Å². The molecule has 0 fully saturated rings. The second kappa shape index (κ2) is 2.10. The van der Waals surface area contributed by atoms with Crippen LogP contribution in [-0.4, -0.2) is 8.54 Å². The second-order valence-electron chi connectivity index (χ2n) is 0.454. The van der Waals surface area contributed by atoms with Crippen molar-refractivity contribution in [1.29, 1.82) is 0 Å². The van der Waals surface area contributed by atoms with Crippen LogP contribution in [0.4, 0.5) is 0 Å². The molecule has 0 spiro atoms. The monoisotopic (exact) mass is 125 g/mol. The summed E-state index contributed by atoms with van der Waals surface area (Å²) in [5, 5.41) is 9.13. The standard InChI is InChI=1S/NO3PS/c2-1(3)6(4)5. The molecule has 0 unspecified atom stereocenters. The number of hydrogen-bond acceptors (Lipinski definition) is 3. The van der Waals surface area contributed by atoms with Crippen LogP contribution >= 0.6 is 7.81 Å². The summed E-state index contributed by atoms with van der Waals surface area (Å²) in [5.74, 6) is 0. The van der Waals surface area contributed by atoms with Crippen molar-refractivity contribution in [2.24, 2.45) is 0 Å². The van der Waals surface area contributed by atoms with Gasteiger partial charge in [-0.05, 0) is 0 Å². The summed E-state index contributed by atoms with van der Waals surface area (Å²) >= 11 is 0. The van der Waals surface area contributed by atoms with E-state index in [-0.39, 0.29) is 0 Å². The molecule has 0 rings (SSSR count). The van der Waals surface area contributed by atoms with Crippen LogP contribution in [0.15, 0.2) is 0 Å². The van der Waals surface area contributed by atoms with E-state index in [1.807, 2.05) is 0 Å². The van der Waals surface area contributed by atoms with Gasteiger partial charge in [0.15, 0.2) is 0 Å². The van der Waals surface area contributed by atoms with Gasteiger partial charge in [0, 0.05) is 0 Å². The zero-order valence-corrected chi connectivity index (χ0v) is 4.24. The zero-order chi connectivity index (χ0) is 5.15. The number of nitrogens with zero attached hydrogens (tertiary/aromatic N) is 1. The first kappa shape index (κ1) is 5.85. The Balaban J connectivity index is 4.08. The minimum absolute atomic E-state index is 0.997. The van der Waals surface area contributed by atoms with Crippen molar-refractivity contribution in [3.8, 4) is 0 Å². The molecule has 0 saturated carbocycles. The van der Waals surface area contributed by atoms with Gasteiger partial charge < -0.3 is 0 Å². The van der Waals surface area contributed by atoms with Crippen LogP contribution in [-0.2, 0) is 9.96 Å². The molecule has 34 valence electrons. The van der Waals surface area contributed by atoms with E-state index >= 15 is 0 Å². The molecular weight excluding hydrogens is 125 g/mol. The Morgan fingerprint density at radius 3 is 2.00 bits per heavy atom. The van der Waals surface area contributed by atoms with E-state index in [4.69, 9.17) is 10.1 Å². The third kappa shape index (κ3) is 2.11. The molecule has 0 aromatic rings. The molecule has 6 heavy (non-hydrogen) atoms. The van der Waals surface area contributed by atoms with Crippen molar-refractivity contribution in [2.45, 2.75) is 0 Å². The average molecular weight is 125 g/mol. The van der Waals surface area contributed by atoms with Crippen molar-refractivity contribution in [2.75, 3.05) is 0 Å². The van der Waals surface area contributed by atoms with Gasteiger partial charge in [0.2, 0.25) is 0 Å².